The van der Waals surface area contributed by atoms with Crippen LogP contribution >= 0.6 is 0 Å². The van der Waals surface area contributed by atoms with Crippen molar-refractivity contribution < 1.29 is 32.4 Å². The molecule has 0 saturated heterocycles. The van der Waals surface area contributed by atoms with Crippen molar-refractivity contribution >= 4 is 28.1 Å². The molecule has 8 heteroatoms. The van der Waals surface area contributed by atoms with Gasteiger partial charge in [0.15, 0.2) is 0 Å². The number of benzene rings is 1. The summed E-state index contributed by atoms with van der Waals surface area (Å²) in [7, 11) is -4.69. The first-order valence-electron chi connectivity index (χ1n) is 5.05. The molecule has 2 N–H and O–H groups in total. The van der Waals surface area contributed by atoms with Crippen LogP contribution in [0.4, 0.5) is 0 Å². The summed E-state index contributed by atoms with van der Waals surface area (Å²) in [5, 5.41) is 9.03. The van der Waals surface area contributed by atoms with E-state index in [1.165, 1.54) is 0 Å². The van der Waals surface area contributed by atoms with Crippen LogP contribution in [0, 0.1) is 0 Å². The second-order valence-corrected chi connectivity index (χ2v) is 4.91. The largest absolute Gasteiger partial charge is 0.478 e. The van der Waals surface area contributed by atoms with Gasteiger partial charge in [-0.2, -0.15) is 8.42 Å². The van der Waals surface area contributed by atoms with Crippen molar-refractivity contribution in [2.75, 3.05) is 0 Å². The highest BCUT2D eigenvalue weighted by Gasteiger charge is 2.23. The topological polar surface area (TPSA) is 118 Å². The Kier molecular flexibility index (Phi) is 4.43. The van der Waals surface area contributed by atoms with Crippen LogP contribution in [0.2, 0.25) is 0 Å². The second-order valence-electron chi connectivity index (χ2n) is 3.49. The van der Waals surface area contributed by atoms with Crippen molar-refractivity contribution in [2.24, 2.45) is 0 Å². The number of carboxylic acid groups (broad SMARTS) is 1. The van der Waals surface area contributed by atoms with E-state index in [9.17, 15) is 18.0 Å². The molecule has 1 rings (SSSR count). The first-order valence-corrected chi connectivity index (χ1v) is 6.49. The molecule has 20 heavy (non-hydrogen) atoms. The van der Waals surface area contributed by atoms with E-state index in [1.54, 1.807) is 0 Å². The smallest absolute Gasteiger partial charge is 0.343 e. The van der Waals surface area contributed by atoms with Crippen LogP contribution in [0.1, 0.15) is 26.3 Å². The van der Waals surface area contributed by atoms with Gasteiger partial charge in [-0.15, -0.1) is 0 Å². The van der Waals surface area contributed by atoms with Crippen molar-refractivity contribution in [3.63, 3.8) is 0 Å². The highest BCUT2D eigenvalue weighted by atomic mass is 32.2. The molecule has 0 atom stereocenters. The van der Waals surface area contributed by atoms with E-state index in [1.807, 2.05) is 0 Å². The van der Waals surface area contributed by atoms with Gasteiger partial charge in [0.1, 0.15) is 0 Å². The van der Waals surface area contributed by atoms with Gasteiger partial charge in [0.25, 0.3) is 10.1 Å². The van der Waals surface area contributed by atoms with Crippen molar-refractivity contribution in [1.82, 2.24) is 0 Å². The molecule has 0 aliphatic carbocycles. The number of carbonyl (C=O) groups is 2. The molecular weight excluding hydrogens is 288 g/mol. The summed E-state index contributed by atoms with van der Waals surface area (Å²) >= 11 is 0. The van der Waals surface area contributed by atoms with Gasteiger partial charge < -0.3 is 9.84 Å². The molecule has 0 saturated carbocycles. The molecule has 0 aliphatic rings. The lowest BCUT2D eigenvalue weighted by molar-refractivity contribution is 0.0663. The molecule has 0 radical (unpaired) electrons. The Morgan fingerprint density at radius 1 is 1.20 bits per heavy atom. The molecule has 0 unspecified atom stereocenters. The van der Waals surface area contributed by atoms with Gasteiger partial charge >= 0.3 is 11.9 Å². The zero-order chi connectivity index (χ0) is 15.5. The SMILES string of the molecule is C=COC(=O)c1cc(S(=O)(=O)O)cc(C(=O)O)c1C=C. The summed E-state index contributed by atoms with van der Waals surface area (Å²) in [5.41, 5.74) is -1.00. The number of esters is 1. The minimum absolute atomic E-state index is 0.128. The molecule has 0 bridgehead atoms. The normalized spacial score (nSPS) is 10.7. The third kappa shape index (κ3) is 3.11. The van der Waals surface area contributed by atoms with Crippen LogP contribution in [0.15, 0.2) is 36.4 Å². The van der Waals surface area contributed by atoms with Gasteiger partial charge in [-0.25, -0.2) is 9.59 Å². The number of carboxylic acids is 1. The van der Waals surface area contributed by atoms with Crippen LogP contribution in [0.5, 0.6) is 0 Å². The molecule has 0 amide bonds. The third-order valence-corrected chi connectivity index (χ3v) is 3.13. The second kappa shape index (κ2) is 5.68. The summed E-state index contributed by atoms with van der Waals surface area (Å²) in [5.74, 6) is -2.51. The molecule has 106 valence electrons. The molecule has 0 fully saturated rings. The fourth-order valence-corrected chi connectivity index (χ4v) is 2.01. The third-order valence-electron chi connectivity index (χ3n) is 2.30. The van der Waals surface area contributed by atoms with Crippen molar-refractivity contribution in [1.29, 1.82) is 0 Å². The number of hydrogen-bond donors (Lipinski definition) is 2. The zero-order valence-corrected chi connectivity index (χ0v) is 10.9. The Hall–Kier alpha value is -2.45. The Morgan fingerprint density at radius 2 is 1.75 bits per heavy atom. The fraction of sp³-hybridized carbons (Fsp3) is 0. The first kappa shape index (κ1) is 15.6. The summed E-state index contributed by atoms with van der Waals surface area (Å²) in [4.78, 5) is 22.0. The average molecular weight is 298 g/mol. The van der Waals surface area contributed by atoms with Crippen molar-refractivity contribution in [3.8, 4) is 0 Å². The summed E-state index contributed by atoms with van der Waals surface area (Å²) in [6.45, 7) is 6.52. The number of ether oxygens (including phenoxy) is 1. The van der Waals surface area contributed by atoms with Crippen LogP contribution in [0.25, 0.3) is 6.08 Å². The van der Waals surface area contributed by atoms with Crippen LogP contribution in [0.3, 0.4) is 0 Å². The van der Waals surface area contributed by atoms with Gasteiger partial charge in [-0.3, -0.25) is 4.55 Å². The number of carbonyl (C=O) groups excluding carboxylic acids is 1. The lowest BCUT2D eigenvalue weighted by Gasteiger charge is -2.09. The predicted octanol–water partition coefficient (Wildman–Crippen LogP) is 1.57. The average Bonchev–Trinajstić information content (AvgIpc) is 2.36. The maximum Gasteiger partial charge on any atom is 0.343 e. The zero-order valence-electron chi connectivity index (χ0n) is 10.1. The van der Waals surface area contributed by atoms with E-state index in [-0.39, 0.29) is 11.1 Å². The maximum atomic E-state index is 11.7. The van der Waals surface area contributed by atoms with E-state index in [4.69, 9.17) is 9.66 Å². The van der Waals surface area contributed by atoms with Gasteiger partial charge in [0, 0.05) is 5.56 Å². The first-order chi connectivity index (χ1) is 9.22. The minimum atomic E-state index is -4.69. The van der Waals surface area contributed by atoms with Crippen LogP contribution in [-0.4, -0.2) is 30.0 Å². The molecule has 0 heterocycles. The maximum absolute atomic E-state index is 11.7. The highest BCUT2D eigenvalue weighted by molar-refractivity contribution is 7.85. The van der Waals surface area contributed by atoms with Crippen LogP contribution in [-0.2, 0) is 14.9 Å². The van der Waals surface area contributed by atoms with E-state index in [0.29, 0.717) is 0 Å². The van der Waals surface area contributed by atoms with Gasteiger partial charge in [0.2, 0.25) is 0 Å². The summed E-state index contributed by atoms with van der Waals surface area (Å²) < 4.78 is 35.7. The Bertz CT molecular complexity index is 701. The Labute approximate surface area is 114 Å². The summed E-state index contributed by atoms with van der Waals surface area (Å²) in [6, 6.07) is 1.52. The van der Waals surface area contributed by atoms with E-state index < -0.39 is 32.5 Å². The molecule has 1 aromatic carbocycles. The van der Waals surface area contributed by atoms with Crippen molar-refractivity contribution in [2.45, 2.75) is 4.90 Å². The standard InChI is InChI=1S/C12H10O7S/c1-3-8-9(11(13)14)5-7(20(16,17)18)6-10(8)12(15)19-4-2/h3-6H,1-2H2,(H,13,14)(H,16,17,18). The molecule has 0 spiro atoms. The lowest BCUT2D eigenvalue weighted by Crippen LogP contribution is -2.12. The lowest BCUT2D eigenvalue weighted by atomic mass is 10.0. The molecule has 1 aromatic rings. The summed E-state index contributed by atoms with van der Waals surface area (Å²) in [6.07, 6.45) is 1.87. The van der Waals surface area contributed by atoms with Gasteiger partial charge in [0.05, 0.1) is 22.3 Å². The number of aromatic carboxylic acids is 1. The van der Waals surface area contributed by atoms with Gasteiger partial charge in [-0.1, -0.05) is 19.2 Å². The minimum Gasteiger partial charge on any atom is -0.478 e. The fourth-order valence-electron chi connectivity index (χ4n) is 1.48. The van der Waals surface area contributed by atoms with Crippen LogP contribution < -0.4 is 0 Å². The molecular formula is C12H10O7S. The van der Waals surface area contributed by atoms with E-state index >= 15 is 0 Å². The number of hydrogen-bond acceptors (Lipinski definition) is 5. The highest BCUT2D eigenvalue weighted by Crippen LogP contribution is 2.23. The van der Waals surface area contributed by atoms with E-state index in [2.05, 4.69) is 17.9 Å². The quantitative estimate of drug-likeness (QED) is 0.481. The monoisotopic (exact) mass is 298 g/mol. The van der Waals surface area contributed by atoms with E-state index in [0.717, 1.165) is 24.5 Å². The van der Waals surface area contributed by atoms with Gasteiger partial charge in [-0.05, 0) is 12.1 Å². The molecule has 7 nitrogen and oxygen atoms in total. The molecule has 0 aromatic heterocycles. The predicted molar refractivity (Wildman–Crippen MR) is 68.9 cm³/mol. The Morgan fingerprint density at radius 3 is 2.15 bits per heavy atom. The molecule has 0 aliphatic heterocycles. The van der Waals surface area contributed by atoms with Crippen molar-refractivity contribution in [3.05, 3.63) is 48.2 Å². The number of rotatable bonds is 5. The Balaban J connectivity index is 3.75.